The van der Waals surface area contributed by atoms with Crippen LogP contribution >= 0.6 is 7.82 Å². The van der Waals surface area contributed by atoms with Crippen molar-refractivity contribution in [3.8, 4) is 0 Å². The van der Waals surface area contributed by atoms with E-state index in [4.69, 9.17) is 9.05 Å². The van der Waals surface area contributed by atoms with E-state index in [0.717, 1.165) is 77.0 Å². The lowest BCUT2D eigenvalue weighted by atomic mass is 10.0. The van der Waals surface area contributed by atoms with E-state index in [9.17, 15) is 24.5 Å². The van der Waals surface area contributed by atoms with Gasteiger partial charge >= 0.3 is 0 Å². The highest BCUT2D eigenvalue weighted by atomic mass is 31.2. The number of rotatable bonds is 40. The Morgan fingerprint density at radius 3 is 1.63 bits per heavy atom. The molecule has 0 radical (unpaired) electrons. The van der Waals surface area contributed by atoms with Crippen LogP contribution in [0.4, 0.5) is 0 Å². The molecule has 0 rings (SSSR count). The van der Waals surface area contributed by atoms with Crippen LogP contribution in [0.2, 0.25) is 0 Å². The number of quaternary nitrogens is 1. The van der Waals surface area contributed by atoms with Crippen molar-refractivity contribution in [2.45, 2.75) is 193 Å². The smallest absolute Gasteiger partial charge is 0.268 e. The van der Waals surface area contributed by atoms with E-state index in [1.165, 1.54) is 57.8 Å². The molecule has 4 unspecified atom stereocenters. The molecule has 0 aromatic carbocycles. The number of carbonyl (C=O) groups excluding carboxylic acids is 1. The fraction of sp³-hybridized carbons (Fsp3) is 0.766. The Kier molecular flexibility index (Phi) is 37.1. The number of hydrogen-bond donors (Lipinski definition) is 3. The van der Waals surface area contributed by atoms with E-state index in [1.807, 2.05) is 21.1 Å². The van der Waals surface area contributed by atoms with Crippen LogP contribution in [0.15, 0.2) is 60.8 Å². The first-order chi connectivity index (χ1) is 27.4. The van der Waals surface area contributed by atoms with Gasteiger partial charge in [0.05, 0.1) is 39.9 Å². The third-order valence-corrected chi connectivity index (χ3v) is 10.8. The Labute approximate surface area is 350 Å². The fourth-order valence-electron chi connectivity index (χ4n) is 6.10. The fourth-order valence-corrected chi connectivity index (χ4v) is 6.82. The minimum atomic E-state index is -4.68. The summed E-state index contributed by atoms with van der Waals surface area (Å²) in [6, 6.07) is -1.10. The van der Waals surface area contributed by atoms with Gasteiger partial charge in [-0.1, -0.05) is 139 Å². The normalized spacial score (nSPS) is 15.4. The maximum Gasteiger partial charge on any atom is 0.268 e. The lowest BCUT2D eigenvalue weighted by molar-refractivity contribution is -0.870. The van der Waals surface area contributed by atoms with Gasteiger partial charge in [0.2, 0.25) is 5.91 Å². The summed E-state index contributed by atoms with van der Waals surface area (Å²) in [5, 5.41) is 24.5. The van der Waals surface area contributed by atoms with Gasteiger partial charge in [-0.25, -0.2) is 0 Å². The number of allylic oxidation sites excluding steroid dienone is 10. The SMILES string of the molecule is CCCCC/C=C/CC/C=C/CCCC(O)C(O)C(COP(=O)([O-])OCC[N+](C)(C)C)NC(=O)CCCCCCCC/C=C\C/C=C\C/C=C\CCCCCCC. The van der Waals surface area contributed by atoms with E-state index in [2.05, 4.69) is 79.9 Å². The summed E-state index contributed by atoms with van der Waals surface area (Å²) >= 11 is 0. The van der Waals surface area contributed by atoms with Crippen LogP contribution in [0.3, 0.4) is 0 Å². The number of unbranched alkanes of at least 4 members (excludes halogenated alkanes) is 16. The first-order valence-corrected chi connectivity index (χ1v) is 24.2. The monoisotopic (exact) mass is 823 g/mol. The Balaban J connectivity index is 4.53. The summed E-state index contributed by atoms with van der Waals surface area (Å²) in [4.78, 5) is 25.4. The van der Waals surface area contributed by atoms with Crippen molar-refractivity contribution in [2.75, 3.05) is 40.9 Å². The van der Waals surface area contributed by atoms with Crippen LogP contribution < -0.4 is 10.2 Å². The maximum absolute atomic E-state index is 12.9. The van der Waals surface area contributed by atoms with Gasteiger partial charge in [-0.2, -0.15) is 0 Å². The highest BCUT2D eigenvalue weighted by molar-refractivity contribution is 7.45. The molecule has 0 bridgehead atoms. The molecule has 0 aromatic rings. The van der Waals surface area contributed by atoms with Crippen molar-refractivity contribution in [2.24, 2.45) is 0 Å². The minimum Gasteiger partial charge on any atom is -0.756 e. The van der Waals surface area contributed by atoms with Gasteiger partial charge in [0.15, 0.2) is 0 Å². The average molecular weight is 823 g/mol. The lowest BCUT2D eigenvalue weighted by Crippen LogP contribution is -2.51. The Hall–Kier alpha value is -1.84. The molecule has 0 spiro atoms. The third kappa shape index (κ3) is 39.4. The molecule has 9 nitrogen and oxygen atoms in total. The highest BCUT2D eigenvalue weighted by Crippen LogP contribution is 2.38. The molecule has 0 aromatic heterocycles. The molecule has 0 fully saturated rings. The second-order valence-corrected chi connectivity index (χ2v) is 17.9. The third-order valence-electron chi connectivity index (χ3n) is 9.80. The number of aliphatic hydroxyl groups is 2. The summed E-state index contributed by atoms with van der Waals surface area (Å²) in [5.41, 5.74) is 0. The molecule has 0 aliphatic heterocycles. The lowest BCUT2D eigenvalue weighted by Gasteiger charge is -2.31. The second-order valence-electron chi connectivity index (χ2n) is 16.5. The molecule has 1 amide bonds. The number of aliphatic hydroxyl groups excluding tert-OH is 2. The van der Waals surface area contributed by atoms with Crippen molar-refractivity contribution in [3.63, 3.8) is 0 Å². The predicted molar refractivity (Wildman–Crippen MR) is 239 cm³/mol. The van der Waals surface area contributed by atoms with Gasteiger partial charge in [0.25, 0.3) is 7.82 Å². The van der Waals surface area contributed by atoms with Crippen molar-refractivity contribution < 1.29 is 38.0 Å². The van der Waals surface area contributed by atoms with Crippen molar-refractivity contribution in [1.29, 1.82) is 0 Å². The molecule has 57 heavy (non-hydrogen) atoms. The number of hydrogen-bond acceptors (Lipinski definition) is 7. The summed E-state index contributed by atoms with van der Waals surface area (Å²) in [5.74, 6) is -0.308. The molecule has 0 aliphatic carbocycles. The number of nitrogens with zero attached hydrogens (tertiary/aromatic N) is 1. The number of likely N-dealkylation sites (N-methyl/N-ethyl adjacent to an activating group) is 1. The van der Waals surface area contributed by atoms with E-state index in [0.29, 0.717) is 30.3 Å². The topological polar surface area (TPSA) is 128 Å². The van der Waals surface area contributed by atoms with Crippen LogP contribution in [0.5, 0.6) is 0 Å². The van der Waals surface area contributed by atoms with Crippen LogP contribution in [0, 0.1) is 0 Å². The Morgan fingerprint density at radius 1 is 0.632 bits per heavy atom. The summed E-state index contributed by atoms with van der Waals surface area (Å²) in [7, 11) is 1.08. The van der Waals surface area contributed by atoms with Gasteiger partial charge in [0.1, 0.15) is 19.3 Å². The van der Waals surface area contributed by atoms with Crippen molar-refractivity contribution >= 4 is 13.7 Å². The first kappa shape index (κ1) is 55.2. The number of carbonyl (C=O) groups is 1. The Bertz CT molecular complexity index is 1130. The van der Waals surface area contributed by atoms with Gasteiger partial charge in [-0.05, 0) is 89.9 Å². The zero-order valence-electron chi connectivity index (χ0n) is 37.1. The standard InChI is InChI=1S/C47H87N2O7P/c1-6-8-10-12-14-16-18-20-21-22-23-24-25-26-27-28-30-32-34-36-38-40-46(51)48-44(43-56-57(53,54)55-42-41-49(3,4)5)47(52)45(50)39-37-35-33-31-29-19-17-15-13-11-9-7-2/h15,17-18,20,22-23,25-26,31,33,44-45,47,50,52H,6-14,16,19,21,24,27-30,32,34-43H2,1-5H3,(H-,48,51,53,54)/b17-15+,20-18-,23-22-,26-25-,33-31+. The molecular formula is C47H87N2O7P. The van der Waals surface area contributed by atoms with Gasteiger partial charge in [-0.3, -0.25) is 9.36 Å². The van der Waals surface area contributed by atoms with E-state index >= 15 is 0 Å². The van der Waals surface area contributed by atoms with Gasteiger partial charge in [-0.15, -0.1) is 0 Å². The largest absolute Gasteiger partial charge is 0.756 e. The van der Waals surface area contributed by atoms with Crippen LogP contribution in [0.1, 0.15) is 174 Å². The van der Waals surface area contributed by atoms with E-state index in [-0.39, 0.29) is 18.9 Å². The quantitative estimate of drug-likeness (QED) is 0.0243. The number of phosphoric ester groups is 1. The van der Waals surface area contributed by atoms with Crippen LogP contribution in [0.25, 0.3) is 0 Å². The molecule has 3 N–H and O–H groups in total. The van der Waals surface area contributed by atoms with Crippen LogP contribution in [-0.2, 0) is 18.4 Å². The predicted octanol–water partition coefficient (Wildman–Crippen LogP) is 11.0. The molecule has 4 atom stereocenters. The second kappa shape index (κ2) is 38.4. The zero-order chi connectivity index (χ0) is 42.3. The van der Waals surface area contributed by atoms with Crippen molar-refractivity contribution in [1.82, 2.24) is 5.32 Å². The molecule has 10 heteroatoms. The van der Waals surface area contributed by atoms with Crippen molar-refractivity contribution in [3.05, 3.63) is 60.8 Å². The van der Waals surface area contributed by atoms with Gasteiger partial charge in [0, 0.05) is 6.42 Å². The highest BCUT2D eigenvalue weighted by Gasteiger charge is 2.29. The molecular weight excluding hydrogens is 735 g/mol. The summed E-state index contributed by atoms with van der Waals surface area (Å²) in [6.45, 7) is 4.33. The number of nitrogens with one attached hydrogen (secondary N) is 1. The molecule has 332 valence electrons. The average Bonchev–Trinajstić information content (AvgIpc) is 3.16. The molecule has 0 aliphatic rings. The Morgan fingerprint density at radius 2 is 1.07 bits per heavy atom. The van der Waals surface area contributed by atoms with E-state index in [1.54, 1.807) is 0 Å². The summed E-state index contributed by atoms with van der Waals surface area (Å²) < 4.78 is 23.1. The van der Waals surface area contributed by atoms with Gasteiger partial charge < -0.3 is 34.0 Å². The first-order valence-electron chi connectivity index (χ1n) is 22.7. The summed E-state index contributed by atoms with van der Waals surface area (Å²) in [6.07, 6.45) is 45.5. The number of phosphoric acid groups is 1. The molecule has 0 saturated carbocycles. The molecule has 0 heterocycles. The van der Waals surface area contributed by atoms with Crippen LogP contribution in [-0.4, -0.2) is 79.8 Å². The van der Waals surface area contributed by atoms with E-state index < -0.39 is 32.7 Å². The zero-order valence-corrected chi connectivity index (χ0v) is 38.0. The maximum atomic E-state index is 12.9. The minimum absolute atomic E-state index is 0.0544. The number of amides is 1. The molecule has 0 saturated heterocycles.